The molecule has 0 radical (unpaired) electrons. The van der Waals surface area contributed by atoms with Crippen LogP contribution in [0, 0.1) is 0 Å². The molecule has 1 amide bonds. The normalized spacial score (nSPS) is 10.5. The van der Waals surface area contributed by atoms with Crippen molar-refractivity contribution < 1.29 is 9.53 Å². The van der Waals surface area contributed by atoms with Gasteiger partial charge in [0.1, 0.15) is 18.4 Å². The molecule has 6 heteroatoms. The molecule has 0 unspecified atom stereocenters. The van der Waals surface area contributed by atoms with Gasteiger partial charge in [0.15, 0.2) is 0 Å². The van der Waals surface area contributed by atoms with E-state index >= 15 is 0 Å². The van der Waals surface area contributed by atoms with Crippen LogP contribution >= 0.6 is 0 Å². The molecule has 1 heterocycles. The first-order chi connectivity index (χ1) is 12.2. The third-order valence-corrected chi connectivity index (χ3v) is 4.03. The molecule has 0 fully saturated rings. The van der Waals surface area contributed by atoms with Gasteiger partial charge in [0.25, 0.3) is 5.91 Å². The first-order valence-corrected chi connectivity index (χ1v) is 8.08. The lowest BCUT2D eigenvalue weighted by molar-refractivity contribution is 0.0752. The Morgan fingerprint density at radius 3 is 2.24 bits per heavy atom. The number of hydrogen-bond acceptors (Lipinski definition) is 4. The van der Waals surface area contributed by atoms with Crippen molar-refractivity contribution in [3.05, 3.63) is 72.3 Å². The van der Waals surface area contributed by atoms with Crippen LogP contribution in [0.2, 0.25) is 0 Å². The Morgan fingerprint density at radius 1 is 1.04 bits per heavy atom. The lowest BCUT2D eigenvalue weighted by atomic mass is 10.1. The van der Waals surface area contributed by atoms with E-state index in [4.69, 9.17) is 4.74 Å². The number of amides is 1. The molecule has 2 aromatic carbocycles. The van der Waals surface area contributed by atoms with Crippen molar-refractivity contribution in [1.29, 1.82) is 0 Å². The van der Waals surface area contributed by atoms with Gasteiger partial charge in [0, 0.05) is 24.3 Å². The van der Waals surface area contributed by atoms with Crippen LogP contribution in [0.1, 0.15) is 22.8 Å². The van der Waals surface area contributed by atoms with Crippen molar-refractivity contribution in [1.82, 2.24) is 19.7 Å². The molecule has 25 heavy (non-hydrogen) atoms. The summed E-state index contributed by atoms with van der Waals surface area (Å²) in [6.07, 6.45) is 3.25. The molecular formula is C19H20N4O2. The van der Waals surface area contributed by atoms with E-state index in [2.05, 4.69) is 10.2 Å². The van der Waals surface area contributed by atoms with E-state index in [0.29, 0.717) is 18.7 Å². The van der Waals surface area contributed by atoms with E-state index in [0.717, 1.165) is 17.0 Å². The fraction of sp³-hybridized carbons (Fsp3) is 0.211. The van der Waals surface area contributed by atoms with Crippen molar-refractivity contribution in [3.8, 4) is 11.4 Å². The number of methoxy groups -OCH3 is 1. The fourth-order valence-electron chi connectivity index (χ4n) is 2.57. The molecule has 6 nitrogen and oxygen atoms in total. The van der Waals surface area contributed by atoms with Crippen molar-refractivity contribution in [2.24, 2.45) is 0 Å². The minimum atomic E-state index is 0.00799. The number of ether oxygens (including phenoxy) is 1. The van der Waals surface area contributed by atoms with Crippen LogP contribution in [0.15, 0.2) is 61.2 Å². The van der Waals surface area contributed by atoms with Crippen LogP contribution in [0.5, 0.6) is 5.75 Å². The van der Waals surface area contributed by atoms with Gasteiger partial charge in [-0.05, 0) is 48.9 Å². The number of hydrogen-bond donors (Lipinski definition) is 0. The summed E-state index contributed by atoms with van der Waals surface area (Å²) in [4.78, 5) is 14.6. The van der Waals surface area contributed by atoms with E-state index in [1.165, 1.54) is 0 Å². The van der Waals surface area contributed by atoms with Gasteiger partial charge in [-0.1, -0.05) is 12.1 Å². The van der Waals surface area contributed by atoms with Crippen LogP contribution in [-0.2, 0) is 6.54 Å². The summed E-state index contributed by atoms with van der Waals surface area (Å²) in [5.41, 5.74) is 2.64. The van der Waals surface area contributed by atoms with Crippen molar-refractivity contribution >= 4 is 5.91 Å². The first kappa shape index (κ1) is 16.7. The fourth-order valence-corrected chi connectivity index (χ4v) is 2.57. The smallest absolute Gasteiger partial charge is 0.254 e. The average molecular weight is 336 g/mol. The van der Waals surface area contributed by atoms with Crippen molar-refractivity contribution in [3.63, 3.8) is 0 Å². The summed E-state index contributed by atoms with van der Waals surface area (Å²) in [6, 6.07) is 15.2. The molecule has 3 aromatic rings. The molecule has 0 aliphatic heterocycles. The minimum Gasteiger partial charge on any atom is -0.497 e. The predicted molar refractivity (Wildman–Crippen MR) is 94.8 cm³/mol. The van der Waals surface area contributed by atoms with Gasteiger partial charge < -0.3 is 9.64 Å². The Hall–Kier alpha value is -3.15. The zero-order valence-corrected chi connectivity index (χ0v) is 14.3. The maximum atomic E-state index is 12.8. The largest absolute Gasteiger partial charge is 0.497 e. The molecular weight excluding hydrogens is 316 g/mol. The number of rotatable bonds is 6. The number of aromatic nitrogens is 3. The van der Waals surface area contributed by atoms with E-state index < -0.39 is 0 Å². The molecule has 0 N–H and O–H groups in total. The molecule has 0 aliphatic carbocycles. The summed E-state index contributed by atoms with van der Waals surface area (Å²) in [5, 5.41) is 7.57. The number of benzene rings is 2. The van der Waals surface area contributed by atoms with Gasteiger partial charge in [-0.2, -0.15) is 0 Å². The highest BCUT2D eigenvalue weighted by Gasteiger charge is 2.14. The quantitative estimate of drug-likeness (QED) is 0.694. The Morgan fingerprint density at radius 2 is 1.68 bits per heavy atom. The second-order valence-corrected chi connectivity index (χ2v) is 5.58. The molecule has 0 aliphatic rings. The van der Waals surface area contributed by atoms with Crippen molar-refractivity contribution in [2.45, 2.75) is 13.5 Å². The summed E-state index contributed by atoms with van der Waals surface area (Å²) in [6.45, 7) is 3.18. The Labute approximate surface area is 146 Å². The van der Waals surface area contributed by atoms with Gasteiger partial charge in [0.05, 0.1) is 7.11 Å². The second kappa shape index (κ2) is 7.61. The average Bonchev–Trinajstić information content (AvgIpc) is 3.21. The molecule has 3 rings (SSSR count). The highest BCUT2D eigenvalue weighted by atomic mass is 16.5. The van der Waals surface area contributed by atoms with Gasteiger partial charge >= 0.3 is 0 Å². The van der Waals surface area contributed by atoms with Gasteiger partial charge in [-0.3, -0.25) is 9.36 Å². The monoisotopic (exact) mass is 336 g/mol. The Balaban J connectivity index is 1.72. The molecule has 128 valence electrons. The van der Waals surface area contributed by atoms with Crippen molar-refractivity contribution in [2.75, 3.05) is 13.7 Å². The first-order valence-electron chi connectivity index (χ1n) is 8.08. The lowest BCUT2D eigenvalue weighted by Gasteiger charge is -2.21. The van der Waals surface area contributed by atoms with Crippen LogP contribution in [0.3, 0.4) is 0 Å². The third-order valence-electron chi connectivity index (χ3n) is 4.03. The topological polar surface area (TPSA) is 60.2 Å². The van der Waals surface area contributed by atoms with Crippen LogP contribution in [0.25, 0.3) is 5.69 Å². The summed E-state index contributed by atoms with van der Waals surface area (Å²) >= 11 is 0. The molecule has 0 saturated carbocycles. The standard InChI is InChI=1S/C19H20N4O2/c1-3-22(12-15-4-10-18(25-2)11-5-15)19(24)16-6-8-17(9-7-16)23-13-20-21-14-23/h4-11,13-14H,3,12H2,1-2H3. The van der Waals surface area contributed by atoms with E-state index in [-0.39, 0.29) is 5.91 Å². The molecule has 0 spiro atoms. The molecule has 0 atom stereocenters. The van der Waals surface area contributed by atoms with Crippen LogP contribution in [0.4, 0.5) is 0 Å². The highest BCUT2D eigenvalue weighted by molar-refractivity contribution is 5.94. The maximum absolute atomic E-state index is 12.8. The molecule has 0 bridgehead atoms. The summed E-state index contributed by atoms with van der Waals surface area (Å²) in [7, 11) is 1.64. The van der Waals surface area contributed by atoms with Crippen LogP contribution in [-0.4, -0.2) is 39.2 Å². The van der Waals surface area contributed by atoms with Gasteiger partial charge in [-0.25, -0.2) is 0 Å². The molecule has 1 aromatic heterocycles. The van der Waals surface area contributed by atoms with E-state index in [9.17, 15) is 4.79 Å². The number of carbonyl (C=O) groups is 1. The highest BCUT2D eigenvalue weighted by Crippen LogP contribution is 2.16. The third kappa shape index (κ3) is 3.85. The predicted octanol–water partition coefficient (Wildman–Crippen LogP) is 2.94. The second-order valence-electron chi connectivity index (χ2n) is 5.58. The van der Waals surface area contributed by atoms with Gasteiger partial charge in [0.2, 0.25) is 0 Å². The van der Waals surface area contributed by atoms with E-state index in [1.807, 2.05) is 60.4 Å². The number of nitrogens with zero attached hydrogens (tertiary/aromatic N) is 4. The zero-order valence-electron chi connectivity index (χ0n) is 14.3. The zero-order chi connectivity index (χ0) is 17.6. The van der Waals surface area contributed by atoms with Crippen LogP contribution < -0.4 is 4.74 Å². The summed E-state index contributed by atoms with van der Waals surface area (Å²) in [5.74, 6) is 0.816. The number of carbonyl (C=O) groups excluding carboxylic acids is 1. The minimum absolute atomic E-state index is 0.00799. The lowest BCUT2D eigenvalue weighted by Crippen LogP contribution is -2.30. The van der Waals surface area contributed by atoms with Gasteiger partial charge in [-0.15, -0.1) is 10.2 Å². The Bertz CT molecular complexity index is 812. The van der Waals surface area contributed by atoms with E-state index in [1.54, 1.807) is 24.3 Å². The molecule has 0 saturated heterocycles. The summed E-state index contributed by atoms with van der Waals surface area (Å²) < 4.78 is 6.96. The maximum Gasteiger partial charge on any atom is 0.254 e. The Kier molecular flexibility index (Phi) is 5.09. The SMILES string of the molecule is CCN(Cc1ccc(OC)cc1)C(=O)c1ccc(-n2cnnc2)cc1.